The van der Waals surface area contributed by atoms with Gasteiger partial charge in [-0.15, -0.1) is 11.8 Å². The second-order valence-corrected chi connectivity index (χ2v) is 7.01. The van der Waals surface area contributed by atoms with E-state index in [1.807, 2.05) is 49.4 Å². The highest BCUT2D eigenvalue weighted by molar-refractivity contribution is 7.98. The van der Waals surface area contributed by atoms with E-state index in [0.717, 1.165) is 27.2 Å². The standard InChI is InChI=1S/C20H18N6S/c1-13-10-11-14-6-5-9-16(18(14)22-13)27-12-17-24-19(21)26-20(25-17)23-15-7-3-2-4-8-15/h2-11H,12H2,1H3,(H3,21,23,24,25,26). The van der Waals surface area contributed by atoms with Crippen LogP contribution < -0.4 is 11.1 Å². The third-order valence-electron chi connectivity index (χ3n) is 3.91. The van der Waals surface area contributed by atoms with Crippen LogP contribution in [0.15, 0.2) is 65.6 Å². The number of pyridine rings is 1. The van der Waals surface area contributed by atoms with Crippen molar-refractivity contribution in [2.24, 2.45) is 0 Å². The Morgan fingerprint density at radius 3 is 2.59 bits per heavy atom. The molecule has 27 heavy (non-hydrogen) atoms. The average Bonchev–Trinajstić information content (AvgIpc) is 2.67. The molecule has 2 heterocycles. The number of para-hydroxylation sites is 2. The molecule has 134 valence electrons. The molecule has 0 aliphatic carbocycles. The van der Waals surface area contributed by atoms with Gasteiger partial charge in [0.2, 0.25) is 11.9 Å². The second-order valence-electron chi connectivity index (χ2n) is 5.99. The van der Waals surface area contributed by atoms with Crippen molar-refractivity contribution >= 4 is 40.2 Å². The minimum absolute atomic E-state index is 0.200. The highest BCUT2D eigenvalue weighted by atomic mass is 32.2. The summed E-state index contributed by atoms with van der Waals surface area (Å²) in [6, 6.07) is 20.0. The summed E-state index contributed by atoms with van der Waals surface area (Å²) in [6.07, 6.45) is 0. The van der Waals surface area contributed by atoms with Gasteiger partial charge in [-0.3, -0.25) is 4.98 Å². The van der Waals surface area contributed by atoms with E-state index in [4.69, 9.17) is 5.73 Å². The van der Waals surface area contributed by atoms with Crippen molar-refractivity contribution in [3.8, 4) is 0 Å². The fourth-order valence-corrected chi connectivity index (χ4v) is 3.57. The smallest absolute Gasteiger partial charge is 0.232 e. The van der Waals surface area contributed by atoms with E-state index < -0.39 is 0 Å². The lowest BCUT2D eigenvalue weighted by atomic mass is 10.2. The largest absolute Gasteiger partial charge is 0.368 e. The van der Waals surface area contributed by atoms with Crippen molar-refractivity contribution in [3.05, 3.63) is 72.2 Å². The second kappa shape index (κ2) is 7.59. The number of aromatic nitrogens is 4. The third kappa shape index (κ3) is 4.15. The lowest BCUT2D eigenvalue weighted by molar-refractivity contribution is 0.982. The van der Waals surface area contributed by atoms with E-state index in [1.165, 1.54) is 0 Å². The molecule has 6 nitrogen and oxygen atoms in total. The van der Waals surface area contributed by atoms with E-state index in [0.29, 0.717) is 17.5 Å². The number of anilines is 3. The predicted octanol–water partition coefficient (Wildman–Crippen LogP) is 4.35. The first-order valence-corrected chi connectivity index (χ1v) is 9.47. The fraction of sp³-hybridized carbons (Fsp3) is 0.100. The Bertz CT molecular complexity index is 1080. The molecule has 0 spiro atoms. The number of fused-ring (bicyclic) bond motifs is 1. The van der Waals surface area contributed by atoms with Gasteiger partial charge >= 0.3 is 0 Å². The van der Waals surface area contributed by atoms with Crippen LogP contribution in [0.25, 0.3) is 10.9 Å². The zero-order valence-corrected chi connectivity index (χ0v) is 15.6. The molecule has 0 aliphatic heterocycles. The molecule has 2 aromatic heterocycles. The van der Waals surface area contributed by atoms with E-state index in [9.17, 15) is 0 Å². The van der Waals surface area contributed by atoms with Crippen LogP contribution in [0.3, 0.4) is 0 Å². The van der Waals surface area contributed by atoms with Crippen molar-refractivity contribution in [2.75, 3.05) is 11.1 Å². The van der Waals surface area contributed by atoms with Crippen LogP contribution >= 0.6 is 11.8 Å². The molecule has 2 aromatic carbocycles. The maximum atomic E-state index is 5.87. The van der Waals surface area contributed by atoms with Crippen LogP contribution in [0, 0.1) is 6.92 Å². The Morgan fingerprint density at radius 1 is 0.889 bits per heavy atom. The Labute approximate surface area is 161 Å². The summed E-state index contributed by atoms with van der Waals surface area (Å²) >= 11 is 1.64. The molecule has 0 aliphatic rings. The topological polar surface area (TPSA) is 89.6 Å². The molecular formula is C20H18N6S. The molecule has 4 rings (SSSR count). The molecule has 0 radical (unpaired) electrons. The van der Waals surface area contributed by atoms with E-state index in [-0.39, 0.29) is 5.95 Å². The summed E-state index contributed by atoms with van der Waals surface area (Å²) in [7, 11) is 0. The fourth-order valence-electron chi connectivity index (χ4n) is 2.69. The highest BCUT2D eigenvalue weighted by Gasteiger charge is 2.08. The molecule has 0 amide bonds. The summed E-state index contributed by atoms with van der Waals surface area (Å²) in [4.78, 5) is 18.7. The SMILES string of the molecule is Cc1ccc2cccc(SCc3nc(N)nc(Nc4ccccc4)n3)c2n1. The molecule has 3 N–H and O–H groups in total. The lowest BCUT2D eigenvalue weighted by Crippen LogP contribution is -2.06. The van der Waals surface area contributed by atoms with Gasteiger partial charge in [0.05, 0.1) is 11.3 Å². The number of thioether (sulfide) groups is 1. The van der Waals surface area contributed by atoms with E-state index in [1.54, 1.807) is 11.8 Å². The zero-order chi connectivity index (χ0) is 18.6. The Morgan fingerprint density at radius 2 is 1.74 bits per heavy atom. The van der Waals surface area contributed by atoms with Gasteiger partial charge in [-0.25, -0.2) is 0 Å². The number of nitrogens with one attached hydrogen (secondary N) is 1. The lowest BCUT2D eigenvalue weighted by Gasteiger charge is -2.08. The Hall–Kier alpha value is -3.19. The molecule has 7 heteroatoms. The van der Waals surface area contributed by atoms with Gasteiger partial charge in [-0.05, 0) is 31.2 Å². The summed E-state index contributed by atoms with van der Waals surface area (Å²) < 4.78 is 0. The quantitative estimate of drug-likeness (QED) is 0.502. The van der Waals surface area contributed by atoms with Gasteiger partial charge in [-0.2, -0.15) is 15.0 Å². The van der Waals surface area contributed by atoms with Gasteiger partial charge in [0, 0.05) is 21.7 Å². The summed E-state index contributed by atoms with van der Waals surface area (Å²) in [6.45, 7) is 2.00. The van der Waals surface area contributed by atoms with Crippen LogP contribution in [0.4, 0.5) is 17.6 Å². The Balaban J connectivity index is 1.56. The molecule has 0 saturated heterocycles. The van der Waals surface area contributed by atoms with E-state index in [2.05, 4.69) is 43.5 Å². The molecule has 0 bridgehead atoms. The van der Waals surface area contributed by atoms with Crippen molar-refractivity contribution in [3.63, 3.8) is 0 Å². The number of nitrogens with zero attached hydrogens (tertiary/aromatic N) is 4. The summed E-state index contributed by atoms with van der Waals surface area (Å²) in [5.41, 5.74) is 8.75. The molecule has 0 saturated carbocycles. The first kappa shape index (κ1) is 17.2. The minimum Gasteiger partial charge on any atom is -0.368 e. The van der Waals surface area contributed by atoms with Gasteiger partial charge in [0.15, 0.2) is 0 Å². The average molecular weight is 374 g/mol. The highest BCUT2D eigenvalue weighted by Crippen LogP contribution is 2.29. The number of nitrogens with two attached hydrogens (primary N) is 1. The predicted molar refractivity (Wildman–Crippen MR) is 110 cm³/mol. The van der Waals surface area contributed by atoms with Crippen LogP contribution in [0.2, 0.25) is 0 Å². The number of nitrogen functional groups attached to an aromatic ring is 1. The molecule has 0 atom stereocenters. The molecule has 4 aromatic rings. The third-order valence-corrected chi connectivity index (χ3v) is 4.95. The number of rotatable bonds is 5. The van der Waals surface area contributed by atoms with Crippen molar-refractivity contribution in [1.29, 1.82) is 0 Å². The Kier molecular flexibility index (Phi) is 4.84. The summed E-state index contributed by atoms with van der Waals surface area (Å²) in [5, 5.41) is 4.27. The number of hydrogen-bond donors (Lipinski definition) is 2. The van der Waals surface area contributed by atoms with Gasteiger partial charge in [0.1, 0.15) is 5.82 Å². The monoisotopic (exact) mass is 374 g/mol. The van der Waals surface area contributed by atoms with Crippen molar-refractivity contribution < 1.29 is 0 Å². The molecule has 0 fully saturated rings. The number of aryl methyl sites for hydroxylation is 1. The maximum Gasteiger partial charge on any atom is 0.232 e. The maximum absolute atomic E-state index is 5.87. The minimum atomic E-state index is 0.200. The van der Waals surface area contributed by atoms with E-state index >= 15 is 0 Å². The number of hydrogen-bond acceptors (Lipinski definition) is 7. The van der Waals surface area contributed by atoms with Gasteiger partial charge in [0.25, 0.3) is 0 Å². The van der Waals surface area contributed by atoms with Crippen LogP contribution in [0.5, 0.6) is 0 Å². The molecular weight excluding hydrogens is 356 g/mol. The van der Waals surface area contributed by atoms with Crippen molar-refractivity contribution in [1.82, 2.24) is 19.9 Å². The van der Waals surface area contributed by atoms with Crippen LogP contribution in [-0.2, 0) is 5.75 Å². The van der Waals surface area contributed by atoms with Gasteiger partial charge < -0.3 is 11.1 Å². The first-order valence-electron chi connectivity index (χ1n) is 8.49. The summed E-state index contributed by atoms with van der Waals surface area (Å²) in [5.74, 6) is 1.84. The number of benzene rings is 2. The van der Waals surface area contributed by atoms with Gasteiger partial charge in [-0.1, -0.05) is 36.4 Å². The van der Waals surface area contributed by atoms with Crippen LogP contribution in [-0.4, -0.2) is 19.9 Å². The zero-order valence-electron chi connectivity index (χ0n) is 14.8. The molecule has 0 unspecified atom stereocenters. The van der Waals surface area contributed by atoms with Crippen LogP contribution in [0.1, 0.15) is 11.5 Å². The van der Waals surface area contributed by atoms with Crippen molar-refractivity contribution in [2.45, 2.75) is 17.6 Å². The first-order chi connectivity index (χ1) is 13.2. The normalized spacial score (nSPS) is 10.9.